The number of ether oxygens (including phenoxy) is 3. The van der Waals surface area contributed by atoms with Gasteiger partial charge >= 0.3 is 11.9 Å². The van der Waals surface area contributed by atoms with Crippen LogP contribution in [0.5, 0.6) is 5.75 Å². The van der Waals surface area contributed by atoms with Crippen LogP contribution in [0, 0.1) is 5.92 Å². The van der Waals surface area contributed by atoms with Crippen molar-refractivity contribution in [3.05, 3.63) is 28.8 Å². The van der Waals surface area contributed by atoms with Gasteiger partial charge in [-0.25, -0.2) is 0 Å². The molecule has 0 aliphatic rings. The fraction of sp³-hybridized carbons (Fsp3) is 0.467. The third kappa shape index (κ3) is 4.63. The molecule has 0 amide bonds. The summed E-state index contributed by atoms with van der Waals surface area (Å²) in [6, 6.07) is 5.15. The molecule has 0 aliphatic heterocycles. The lowest BCUT2D eigenvalue weighted by atomic mass is 9.98. The number of halogens is 1. The minimum Gasteiger partial charge on any atom is -0.495 e. The molecule has 0 N–H and O–H groups in total. The zero-order chi connectivity index (χ0) is 15.8. The van der Waals surface area contributed by atoms with Crippen molar-refractivity contribution < 1.29 is 23.8 Å². The van der Waals surface area contributed by atoms with Crippen LogP contribution in [0.1, 0.15) is 19.4 Å². The smallest absolute Gasteiger partial charge is 0.320 e. The predicted octanol–water partition coefficient (Wildman–Crippen LogP) is 2.63. The van der Waals surface area contributed by atoms with E-state index in [0.717, 1.165) is 0 Å². The molecule has 0 unspecified atom stereocenters. The maximum atomic E-state index is 12.0. The summed E-state index contributed by atoms with van der Waals surface area (Å²) in [6.07, 6.45) is 0.113. The van der Waals surface area contributed by atoms with Crippen molar-refractivity contribution in [1.29, 1.82) is 0 Å². The summed E-state index contributed by atoms with van der Waals surface area (Å²) in [5.74, 6) is -1.81. The van der Waals surface area contributed by atoms with Gasteiger partial charge in [0.1, 0.15) is 5.75 Å². The van der Waals surface area contributed by atoms with Crippen LogP contribution >= 0.6 is 11.6 Å². The Labute approximate surface area is 129 Å². The molecule has 1 rings (SSSR count). The van der Waals surface area contributed by atoms with Gasteiger partial charge in [0.2, 0.25) is 0 Å². The van der Waals surface area contributed by atoms with Crippen LogP contribution in [0.3, 0.4) is 0 Å². The molecule has 5 nitrogen and oxygen atoms in total. The van der Waals surface area contributed by atoms with Crippen LogP contribution in [-0.2, 0) is 25.5 Å². The molecule has 0 heterocycles. The highest BCUT2D eigenvalue weighted by Crippen LogP contribution is 2.30. The molecule has 21 heavy (non-hydrogen) atoms. The molecule has 0 aliphatic carbocycles. The Kier molecular flexibility index (Phi) is 7.02. The third-order valence-corrected chi connectivity index (χ3v) is 3.12. The first-order valence-corrected chi connectivity index (χ1v) is 7.07. The van der Waals surface area contributed by atoms with Gasteiger partial charge in [-0.3, -0.25) is 9.59 Å². The quantitative estimate of drug-likeness (QED) is 0.572. The molecule has 0 spiro atoms. The SMILES string of the molecule is CCOC(=O)C(Cc1cccc(Cl)c1OC)C(=O)OCC. The monoisotopic (exact) mass is 314 g/mol. The van der Waals surface area contributed by atoms with E-state index in [4.69, 9.17) is 25.8 Å². The predicted molar refractivity (Wildman–Crippen MR) is 78.5 cm³/mol. The lowest BCUT2D eigenvalue weighted by Crippen LogP contribution is -2.30. The Morgan fingerprint density at radius 3 is 2.19 bits per heavy atom. The molecule has 1 aromatic rings. The number of carbonyl (C=O) groups is 2. The molecular formula is C15H19ClO5. The fourth-order valence-corrected chi connectivity index (χ4v) is 2.18. The van der Waals surface area contributed by atoms with E-state index in [-0.39, 0.29) is 19.6 Å². The standard InChI is InChI=1S/C15H19ClO5/c1-4-20-14(17)11(15(18)21-5-2)9-10-7-6-8-12(16)13(10)19-3/h6-8,11H,4-5,9H2,1-3H3. The Bertz CT molecular complexity index is 483. The van der Waals surface area contributed by atoms with Gasteiger partial charge in [0.15, 0.2) is 5.92 Å². The first kappa shape index (κ1) is 17.3. The second-order valence-electron chi connectivity index (χ2n) is 4.19. The van der Waals surface area contributed by atoms with Crippen molar-refractivity contribution >= 4 is 23.5 Å². The molecule has 0 saturated heterocycles. The van der Waals surface area contributed by atoms with Gasteiger partial charge in [0.05, 0.1) is 25.3 Å². The van der Waals surface area contributed by atoms with Crippen molar-refractivity contribution in [3.63, 3.8) is 0 Å². The first-order chi connectivity index (χ1) is 10.0. The van der Waals surface area contributed by atoms with E-state index in [2.05, 4.69) is 0 Å². The zero-order valence-electron chi connectivity index (χ0n) is 12.3. The van der Waals surface area contributed by atoms with Gasteiger partial charge in [-0.2, -0.15) is 0 Å². The van der Waals surface area contributed by atoms with Gasteiger partial charge in [-0.1, -0.05) is 23.7 Å². The van der Waals surface area contributed by atoms with Crippen molar-refractivity contribution in [2.45, 2.75) is 20.3 Å². The second kappa shape index (κ2) is 8.52. The van der Waals surface area contributed by atoms with Crippen LogP contribution in [-0.4, -0.2) is 32.3 Å². The van der Waals surface area contributed by atoms with Crippen LogP contribution in [0.2, 0.25) is 5.02 Å². The van der Waals surface area contributed by atoms with Gasteiger partial charge in [0, 0.05) is 6.42 Å². The molecule has 116 valence electrons. The molecule has 0 bridgehead atoms. The Morgan fingerprint density at radius 2 is 1.71 bits per heavy atom. The third-order valence-electron chi connectivity index (χ3n) is 2.82. The van der Waals surface area contributed by atoms with E-state index in [0.29, 0.717) is 16.3 Å². The molecule has 1 aromatic carbocycles. The number of esters is 2. The number of methoxy groups -OCH3 is 1. The van der Waals surface area contributed by atoms with Crippen LogP contribution in [0.4, 0.5) is 0 Å². The van der Waals surface area contributed by atoms with Crippen LogP contribution < -0.4 is 4.74 Å². The summed E-state index contributed by atoms with van der Waals surface area (Å²) in [5.41, 5.74) is 0.649. The van der Waals surface area contributed by atoms with Crippen LogP contribution in [0.25, 0.3) is 0 Å². The van der Waals surface area contributed by atoms with E-state index in [9.17, 15) is 9.59 Å². The number of hydrogen-bond acceptors (Lipinski definition) is 5. The van der Waals surface area contributed by atoms with Crippen molar-refractivity contribution in [2.75, 3.05) is 20.3 Å². The van der Waals surface area contributed by atoms with E-state index in [1.165, 1.54) is 7.11 Å². The molecule has 0 atom stereocenters. The van der Waals surface area contributed by atoms with E-state index < -0.39 is 17.9 Å². The first-order valence-electron chi connectivity index (χ1n) is 6.69. The number of hydrogen-bond donors (Lipinski definition) is 0. The topological polar surface area (TPSA) is 61.8 Å². The molecule has 0 aromatic heterocycles. The Balaban J connectivity index is 3.03. The summed E-state index contributed by atoms with van der Waals surface area (Å²) in [5, 5.41) is 0.418. The summed E-state index contributed by atoms with van der Waals surface area (Å²) < 4.78 is 15.1. The number of carbonyl (C=O) groups excluding carboxylic acids is 2. The Morgan fingerprint density at radius 1 is 1.14 bits per heavy atom. The van der Waals surface area contributed by atoms with Crippen molar-refractivity contribution in [1.82, 2.24) is 0 Å². The summed E-state index contributed by atoms with van der Waals surface area (Å²) >= 11 is 6.04. The average molecular weight is 315 g/mol. The van der Waals surface area contributed by atoms with Gasteiger partial charge in [0.25, 0.3) is 0 Å². The van der Waals surface area contributed by atoms with Crippen LogP contribution in [0.15, 0.2) is 18.2 Å². The summed E-state index contributed by atoms with van der Waals surface area (Å²) in [6.45, 7) is 3.75. The molecule has 0 fully saturated rings. The molecule has 0 radical (unpaired) electrons. The zero-order valence-corrected chi connectivity index (χ0v) is 13.1. The van der Waals surface area contributed by atoms with Crippen molar-refractivity contribution in [3.8, 4) is 5.75 Å². The summed E-state index contributed by atoms with van der Waals surface area (Å²) in [7, 11) is 1.48. The highest BCUT2D eigenvalue weighted by molar-refractivity contribution is 6.32. The van der Waals surface area contributed by atoms with E-state index >= 15 is 0 Å². The average Bonchev–Trinajstić information content (AvgIpc) is 2.45. The summed E-state index contributed by atoms with van der Waals surface area (Å²) in [4.78, 5) is 23.9. The van der Waals surface area contributed by atoms with E-state index in [1.54, 1.807) is 32.0 Å². The van der Waals surface area contributed by atoms with Crippen molar-refractivity contribution in [2.24, 2.45) is 5.92 Å². The normalized spacial score (nSPS) is 10.3. The largest absolute Gasteiger partial charge is 0.495 e. The van der Waals surface area contributed by atoms with E-state index in [1.807, 2.05) is 0 Å². The number of benzene rings is 1. The lowest BCUT2D eigenvalue weighted by molar-refractivity contribution is -0.161. The Hall–Kier alpha value is -1.75. The highest BCUT2D eigenvalue weighted by atomic mass is 35.5. The van der Waals surface area contributed by atoms with Gasteiger partial charge in [-0.05, 0) is 25.5 Å². The highest BCUT2D eigenvalue weighted by Gasteiger charge is 2.31. The number of para-hydroxylation sites is 1. The maximum absolute atomic E-state index is 12.0. The van der Waals surface area contributed by atoms with Gasteiger partial charge in [-0.15, -0.1) is 0 Å². The minimum atomic E-state index is -1.03. The molecular weight excluding hydrogens is 296 g/mol. The molecule has 6 heteroatoms. The fourth-order valence-electron chi connectivity index (χ4n) is 1.91. The minimum absolute atomic E-state index is 0.113. The second-order valence-corrected chi connectivity index (χ2v) is 4.60. The molecule has 0 saturated carbocycles. The lowest BCUT2D eigenvalue weighted by Gasteiger charge is -2.16. The number of rotatable bonds is 7. The maximum Gasteiger partial charge on any atom is 0.320 e. The van der Waals surface area contributed by atoms with Gasteiger partial charge < -0.3 is 14.2 Å².